The Morgan fingerprint density at radius 1 is 1.33 bits per heavy atom. The Morgan fingerprint density at radius 3 is 2.44 bits per heavy atom. The molecular formula is C11H10F3NO3. The molecule has 7 heteroatoms. The molecule has 0 spiro atoms. The van der Waals surface area contributed by atoms with Crippen molar-refractivity contribution in [2.75, 3.05) is 0 Å². The Hall–Kier alpha value is -2.05. The highest BCUT2D eigenvalue weighted by molar-refractivity contribution is 5.92. The fourth-order valence-electron chi connectivity index (χ4n) is 1.11. The van der Waals surface area contributed by atoms with Crippen LogP contribution in [-0.2, 0) is 15.7 Å². The molecule has 1 rings (SSSR count). The fraction of sp³-hybridized carbons (Fsp3) is 0.273. The first-order chi connectivity index (χ1) is 8.21. The van der Waals surface area contributed by atoms with Gasteiger partial charge in [-0.25, -0.2) is 4.79 Å². The topological polar surface area (TPSA) is 69.4 Å². The van der Waals surface area contributed by atoms with E-state index in [1.807, 2.05) is 0 Å². The summed E-state index contributed by atoms with van der Waals surface area (Å²) >= 11 is 0. The standard InChI is InChI=1S/C11H10F3NO3/c1-6(9(15)16)18-10(17)7-3-2-4-8(5-7)11(12,13)14/h2-6H,1H3,(H2,15,16)/t6-/m1/s1. The zero-order chi connectivity index (χ0) is 13.9. The van der Waals surface area contributed by atoms with Crippen molar-refractivity contribution >= 4 is 11.9 Å². The third kappa shape index (κ3) is 3.47. The molecule has 0 saturated heterocycles. The van der Waals surface area contributed by atoms with Gasteiger partial charge in [0.25, 0.3) is 5.91 Å². The lowest BCUT2D eigenvalue weighted by Gasteiger charge is -2.11. The number of carbonyl (C=O) groups excluding carboxylic acids is 2. The maximum Gasteiger partial charge on any atom is 0.416 e. The van der Waals surface area contributed by atoms with Gasteiger partial charge in [-0.2, -0.15) is 13.2 Å². The number of hydrogen-bond donors (Lipinski definition) is 1. The number of hydrogen-bond acceptors (Lipinski definition) is 3. The second-order valence-corrected chi connectivity index (χ2v) is 3.53. The predicted molar refractivity (Wildman–Crippen MR) is 55.5 cm³/mol. The quantitative estimate of drug-likeness (QED) is 0.842. The predicted octanol–water partition coefficient (Wildman–Crippen LogP) is 1.74. The molecule has 0 heterocycles. The average Bonchev–Trinajstić information content (AvgIpc) is 2.27. The molecule has 0 fully saturated rings. The van der Waals surface area contributed by atoms with E-state index < -0.39 is 29.7 Å². The van der Waals surface area contributed by atoms with Crippen LogP contribution in [0.5, 0.6) is 0 Å². The summed E-state index contributed by atoms with van der Waals surface area (Å²) in [4.78, 5) is 22.1. The lowest BCUT2D eigenvalue weighted by atomic mass is 10.1. The Labute approximate surface area is 101 Å². The molecule has 98 valence electrons. The first-order valence-electron chi connectivity index (χ1n) is 4.89. The molecule has 0 aliphatic heterocycles. The summed E-state index contributed by atoms with van der Waals surface area (Å²) in [6, 6.07) is 3.71. The van der Waals surface area contributed by atoms with Crippen molar-refractivity contribution in [1.82, 2.24) is 0 Å². The van der Waals surface area contributed by atoms with Crippen LogP contribution in [0.15, 0.2) is 24.3 Å². The van der Waals surface area contributed by atoms with Gasteiger partial charge < -0.3 is 10.5 Å². The molecule has 0 aliphatic carbocycles. The molecule has 0 aromatic heterocycles. The van der Waals surface area contributed by atoms with Gasteiger partial charge in [0.15, 0.2) is 6.10 Å². The normalized spacial score (nSPS) is 12.9. The number of carbonyl (C=O) groups is 2. The highest BCUT2D eigenvalue weighted by Crippen LogP contribution is 2.29. The number of nitrogens with two attached hydrogens (primary N) is 1. The van der Waals surface area contributed by atoms with Gasteiger partial charge in [-0.1, -0.05) is 6.07 Å². The SMILES string of the molecule is C[C@@H](OC(=O)c1cccc(C(F)(F)F)c1)C(N)=O. The molecule has 1 atom stereocenters. The second-order valence-electron chi connectivity index (χ2n) is 3.53. The summed E-state index contributed by atoms with van der Waals surface area (Å²) in [6.07, 6.45) is -5.75. The highest BCUT2D eigenvalue weighted by atomic mass is 19.4. The molecule has 0 bridgehead atoms. The number of alkyl halides is 3. The van der Waals surface area contributed by atoms with Gasteiger partial charge in [-0.05, 0) is 25.1 Å². The largest absolute Gasteiger partial charge is 0.449 e. The van der Waals surface area contributed by atoms with Crippen LogP contribution in [-0.4, -0.2) is 18.0 Å². The Kier molecular flexibility index (Phi) is 3.95. The van der Waals surface area contributed by atoms with Crippen molar-refractivity contribution < 1.29 is 27.5 Å². The maximum absolute atomic E-state index is 12.4. The fourth-order valence-corrected chi connectivity index (χ4v) is 1.11. The van der Waals surface area contributed by atoms with Crippen molar-refractivity contribution in [2.24, 2.45) is 5.73 Å². The molecule has 1 aromatic rings. The number of primary amides is 1. The molecule has 4 nitrogen and oxygen atoms in total. The van der Waals surface area contributed by atoms with Gasteiger partial charge in [0.05, 0.1) is 11.1 Å². The van der Waals surface area contributed by atoms with Crippen LogP contribution >= 0.6 is 0 Å². The summed E-state index contributed by atoms with van der Waals surface area (Å²) in [5, 5.41) is 0. The van der Waals surface area contributed by atoms with Crippen LogP contribution < -0.4 is 5.73 Å². The summed E-state index contributed by atoms with van der Waals surface area (Å²) in [6.45, 7) is 1.23. The van der Waals surface area contributed by atoms with Crippen LogP contribution in [0.2, 0.25) is 0 Å². The van der Waals surface area contributed by atoms with Crippen molar-refractivity contribution in [3.63, 3.8) is 0 Å². The van der Waals surface area contributed by atoms with Crippen LogP contribution in [0.4, 0.5) is 13.2 Å². The summed E-state index contributed by atoms with van der Waals surface area (Å²) in [5.74, 6) is -1.91. The van der Waals surface area contributed by atoms with E-state index in [0.29, 0.717) is 6.07 Å². The smallest absolute Gasteiger partial charge is 0.416 e. The summed E-state index contributed by atoms with van der Waals surface area (Å²) < 4.78 is 41.8. The third-order valence-electron chi connectivity index (χ3n) is 2.11. The molecule has 0 radical (unpaired) electrons. The third-order valence-corrected chi connectivity index (χ3v) is 2.11. The number of esters is 1. The minimum atomic E-state index is -4.55. The first kappa shape index (κ1) is 14.0. The van der Waals surface area contributed by atoms with Gasteiger partial charge in [0, 0.05) is 0 Å². The molecule has 1 aromatic carbocycles. The average molecular weight is 261 g/mol. The van der Waals surface area contributed by atoms with E-state index in [4.69, 9.17) is 5.73 Å². The van der Waals surface area contributed by atoms with Crippen LogP contribution in [0.1, 0.15) is 22.8 Å². The Balaban J connectivity index is 2.91. The van der Waals surface area contributed by atoms with Crippen molar-refractivity contribution in [3.05, 3.63) is 35.4 Å². The molecule has 2 N–H and O–H groups in total. The molecule has 0 saturated carbocycles. The maximum atomic E-state index is 12.4. The van der Waals surface area contributed by atoms with Crippen molar-refractivity contribution in [2.45, 2.75) is 19.2 Å². The van der Waals surface area contributed by atoms with Crippen LogP contribution in [0, 0.1) is 0 Å². The number of benzene rings is 1. The number of amides is 1. The van der Waals surface area contributed by atoms with Crippen LogP contribution in [0.25, 0.3) is 0 Å². The second kappa shape index (κ2) is 5.07. The molecule has 0 unspecified atom stereocenters. The van der Waals surface area contributed by atoms with E-state index >= 15 is 0 Å². The Morgan fingerprint density at radius 2 is 1.94 bits per heavy atom. The van der Waals surface area contributed by atoms with E-state index in [0.717, 1.165) is 18.2 Å². The van der Waals surface area contributed by atoms with Crippen LogP contribution in [0.3, 0.4) is 0 Å². The highest BCUT2D eigenvalue weighted by Gasteiger charge is 2.31. The van der Waals surface area contributed by atoms with Crippen molar-refractivity contribution in [3.8, 4) is 0 Å². The van der Waals surface area contributed by atoms with Crippen molar-refractivity contribution in [1.29, 1.82) is 0 Å². The molecular weight excluding hydrogens is 251 g/mol. The van der Waals surface area contributed by atoms with Gasteiger partial charge in [-0.15, -0.1) is 0 Å². The van der Waals surface area contributed by atoms with E-state index in [1.165, 1.54) is 6.92 Å². The van der Waals surface area contributed by atoms with Gasteiger partial charge in [0.2, 0.25) is 0 Å². The van der Waals surface area contributed by atoms with E-state index in [-0.39, 0.29) is 5.56 Å². The van der Waals surface area contributed by atoms with Gasteiger partial charge in [-0.3, -0.25) is 4.79 Å². The summed E-state index contributed by atoms with van der Waals surface area (Å²) in [7, 11) is 0. The molecule has 1 amide bonds. The number of ether oxygens (including phenoxy) is 1. The van der Waals surface area contributed by atoms with Gasteiger partial charge >= 0.3 is 12.1 Å². The minimum absolute atomic E-state index is 0.294. The lowest BCUT2D eigenvalue weighted by Crippen LogP contribution is -2.30. The molecule has 0 aliphatic rings. The van der Waals surface area contributed by atoms with E-state index in [1.54, 1.807) is 0 Å². The van der Waals surface area contributed by atoms with E-state index in [2.05, 4.69) is 4.74 Å². The zero-order valence-electron chi connectivity index (χ0n) is 9.32. The molecule has 18 heavy (non-hydrogen) atoms. The number of halogens is 3. The van der Waals surface area contributed by atoms with Gasteiger partial charge in [0.1, 0.15) is 0 Å². The summed E-state index contributed by atoms with van der Waals surface area (Å²) in [5.41, 5.74) is 3.60. The monoisotopic (exact) mass is 261 g/mol. The minimum Gasteiger partial charge on any atom is -0.449 e. The first-order valence-corrected chi connectivity index (χ1v) is 4.89. The Bertz CT molecular complexity index is 471. The van der Waals surface area contributed by atoms with E-state index in [9.17, 15) is 22.8 Å². The number of rotatable bonds is 3. The lowest BCUT2D eigenvalue weighted by molar-refractivity contribution is -0.137. The zero-order valence-corrected chi connectivity index (χ0v) is 9.32.